The van der Waals surface area contributed by atoms with Gasteiger partial charge in [0.2, 0.25) is 5.95 Å². The molecule has 0 saturated carbocycles. The number of aliphatic hydroxyl groups is 1. The number of ether oxygens (including phenoxy) is 1. The van der Waals surface area contributed by atoms with Crippen molar-refractivity contribution in [1.29, 1.82) is 0 Å². The maximum Gasteiger partial charge on any atom is 0.227 e. The molecule has 2 aromatic carbocycles. The molecule has 1 fully saturated rings. The Bertz CT molecular complexity index is 1350. The van der Waals surface area contributed by atoms with Crippen molar-refractivity contribution in [1.82, 2.24) is 24.6 Å². The fourth-order valence-electron chi connectivity index (χ4n) is 4.48. The zero-order valence-electron chi connectivity index (χ0n) is 21.1. The standard InChI is InChI=1S/C28H33N7O2/c1-20-17-22(5-6-25(20)29)27-24(19-35(33-27)11-14-36)26-7-9-30-28(32-26)31-23-4-2-3-21(18-23)8-10-34-12-15-37-16-13-34/h2-7,9,17-19,36H,8,10-16,29H2,1H3,(H,30,31,32). The summed E-state index contributed by atoms with van der Waals surface area (Å²) in [6, 6.07) is 16.1. The predicted octanol–water partition coefficient (Wildman–Crippen LogP) is 3.51. The minimum atomic E-state index is -0.000215. The van der Waals surface area contributed by atoms with Crippen molar-refractivity contribution in [2.45, 2.75) is 19.9 Å². The lowest BCUT2D eigenvalue weighted by Gasteiger charge is -2.26. The van der Waals surface area contributed by atoms with E-state index in [0.29, 0.717) is 12.5 Å². The van der Waals surface area contributed by atoms with Gasteiger partial charge in [0.1, 0.15) is 5.69 Å². The Morgan fingerprint density at radius 3 is 2.76 bits per heavy atom. The van der Waals surface area contributed by atoms with Gasteiger partial charge in [-0.15, -0.1) is 0 Å². The maximum atomic E-state index is 9.46. The van der Waals surface area contributed by atoms with Gasteiger partial charge in [0, 0.05) is 54.5 Å². The summed E-state index contributed by atoms with van der Waals surface area (Å²) >= 11 is 0. The summed E-state index contributed by atoms with van der Waals surface area (Å²) in [7, 11) is 0. The molecule has 1 saturated heterocycles. The molecule has 1 aliphatic heterocycles. The fraction of sp³-hybridized carbons (Fsp3) is 0.321. The highest BCUT2D eigenvalue weighted by Crippen LogP contribution is 2.32. The second-order valence-corrected chi connectivity index (χ2v) is 9.24. The molecule has 0 amide bonds. The van der Waals surface area contributed by atoms with Crippen molar-refractivity contribution in [2.24, 2.45) is 0 Å². The first-order chi connectivity index (χ1) is 18.1. The molecule has 0 spiro atoms. The molecule has 192 valence electrons. The van der Waals surface area contributed by atoms with Gasteiger partial charge < -0.3 is 20.9 Å². The molecule has 1 aliphatic rings. The first kappa shape index (κ1) is 24.9. The second kappa shape index (κ2) is 11.5. The Morgan fingerprint density at radius 2 is 1.95 bits per heavy atom. The van der Waals surface area contributed by atoms with Gasteiger partial charge in [0.05, 0.1) is 32.1 Å². The molecule has 3 heterocycles. The minimum absolute atomic E-state index is 0.000215. The van der Waals surface area contributed by atoms with Crippen LogP contribution in [0.5, 0.6) is 0 Å². The number of hydrogen-bond donors (Lipinski definition) is 3. The van der Waals surface area contributed by atoms with Gasteiger partial charge in [-0.1, -0.05) is 18.2 Å². The number of benzene rings is 2. The minimum Gasteiger partial charge on any atom is -0.399 e. The summed E-state index contributed by atoms with van der Waals surface area (Å²) in [5.41, 5.74) is 13.3. The number of hydrogen-bond acceptors (Lipinski definition) is 8. The number of morpholine rings is 1. The monoisotopic (exact) mass is 499 g/mol. The third-order valence-electron chi connectivity index (χ3n) is 6.57. The van der Waals surface area contributed by atoms with Crippen molar-refractivity contribution >= 4 is 17.3 Å². The maximum absolute atomic E-state index is 9.46. The van der Waals surface area contributed by atoms with E-state index in [1.54, 1.807) is 10.9 Å². The zero-order chi connectivity index (χ0) is 25.6. The van der Waals surface area contributed by atoms with Crippen molar-refractivity contribution < 1.29 is 9.84 Å². The van der Waals surface area contributed by atoms with Gasteiger partial charge in [-0.25, -0.2) is 9.97 Å². The quantitative estimate of drug-likeness (QED) is 0.300. The molecular weight excluding hydrogens is 466 g/mol. The van der Waals surface area contributed by atoms with Crippen LogP contribution in [0.1, 0.15) is 11.1 Å². The van der Waals surface area contributed by atoms with Crippen LogP contribution in [0.4, 0.5) is 17.3 Å². The van der Waals surface area contributed by atoms with Crippen LogP contribution in [-0.2, 0) is 17.7 Å². The van der Waals surface area contributed by atoms with Crippen molar-refractivity contribution in [3.63, 3.8) is 0 Å². The largest absolute Gasteiger partial charge is 0.399 e. The van der Waals surface area contributed by atoms with E-state index in [1.807, 2.05) is 43.5 Å². The van der Waals surface area contributed by atoms with E-state index in [4.69, 9.17) is 20.6 Å². The summed E-state index contributed by atoms with van der Waals surface area (Å²) in [5, 5.41) is 17.5. The second-order valence-electron chi connectivity index (χ2n) is 9.24. The molecule has 0 atom stereocenters. The van der Waals surface area contributed by atoms with E-state index >= 15 is 0 Å². The highest BCUT2D eigenvalue weighted by atomic mass is 16.5. The van der Waals surface area contributed by atoms with Gasteiger partial charge in [-0.05, 0) is 54.8 Å². The summed E-state index contributed by atoms with van der Waals surface area (Å²) in [5.74, 6) is 0.511. The Morgan fingerprint density at radius 1 is 1.08 bits per heavy atom. The third kappa shape index (κ3) is 6.14. The Labute approximate surface area is 216 Å². The molecule has 4 aromatic rings. The summed E-state index contributed by atoms with van der Waals surface area (Å²) in [4.78, 5) is 11.7. The normalized spacial score (nSPS) is 14.1. The molecular formula is C28H33N7O2. The van der Waals surface area contributed by atoms with E-state index in [2.05, 4.69) is 33.4 Å². The highest BCUT2D eigenvalue weighted by molar-refractivity contribution is 5.80. The average Bonchev–Trinajstić information content (AvgIpc) is 3.34. The number of aromatic nitrogens is 4. The van der Waals surface area contributed by atoms with Crippen LogP contribution in [0.15, 0.2) is 60.9 Å². The SMILES string of the molecule is Cc1cc(-c2nn(CCO)cc2-c2ccnc(Nc3cccc(CCN4CCOCC4)c3)n2)ccc1N. The van der Waals surface area contributed by atoms with E-state index < -0.39 is 0 Å². The smallest absolute Gasteiger partial charge is 0.227 e. The number of nitrogens with zero attached hydrogens (tertiary/aromatic N) is 5. The summed E-state index contributed by atoms with van der Waals surface area (Å²) in [6.45, 7) is 7.00. The lowest BCUT2D eigenvalue weighted by atomic mass is 10.0. The van der Waals surface area contributed by atoms with Gasteiger partial charge in [-0.2, -0.15) is 5.10 Å². The topological polar surface area (TPSA) is 114 Å². The van der Waals surface area contributed by atoms with E-state index in [9.17, 15) is 5.11 Å². The molecule has 37 heavy (non-hydrogen) atoms. The van der Waals surface area contributed by atoms with E-state index in [-0.39, 0.29) is 6.61 Å². The lowest BCUT2D eigenvalue weighted by Crippen LogP contribution is -2.37. The average molecular weight is 500 g/mol. The van der Waals surface area contributed by atoms with Gasteiger partial charge >= 0.3 is 0 Å². The number of aryl methyl sites for hydroxylation is 1. The fourth-order valence-corrected chi connectivity index (χ4v) is 4.48. The molecule has 0 unspecified atom stereocenters. The van der Waals surface area contributed by atoms with Crippen LogP contribution in [0.2, 0.25) is 0 Å². The Kier molecular flexibility index (Phi) is 7.74. The van der Waals surface area contributed by atoms with Crippen LogP contribution in [-0.4, -0.2) is 69.2 Å². The third-order valence-corrected chi connectivity index (χ3v) is 6.57. The van der Waals surface area contributed by atoms with Crippen LogP contribution >= 0.6 is 0 Å². The molecule has 9 heteroatoms. The molecule has 0 radical (unpaired) electrons. The number of rotatable bonds is 9. The Balaban J connectivity index is 1.37. The first-order valence-corrected chi connectivity index (χ1v) is 12.6. The number of anilines is 3. The summed E-state index contributed by atoms with van der Waals surface area (Å²) < 4.78 is 7.19. The molecule has 0 aliphatic carbocycles. The number of nitrogens with one attached hydrogen (secondary N) is 1. The molecule has 9 nitrogen and oxygen atoms in total. The number of aliphatic hydroxyl groups excluding tert-OH is 1. The van der Waals surface area contributed by atoms with Crippen LogP contribution < -0.4 is 11.1 Å². The molecule has 2 aromatic heterocycles. The van der Waals surface area contributed by atoms with Gasteiger partial charge in [-0.3, -0.25) is 9.58 Å². The van der Waals surface area contributed by atoms with Gasteiger partial charge in [0.25, 0.3) is 0 Å². The highest BCUT2D eigenvalue weighted by Gasteiger charge is 2.16. The van der Waals surface area contributed by atoms with Gasteiger partial charge in [0.15, 0.2) is 0 Å². The van der Waals surface area contributed by atoms with Crippen LogP contribution in [0, 0.1) is 6.92 Å². The number of nitrogens with two attached hydrogens (primary N) is 1. The predicted molar refractivity (Wildman–Crippen MR) is 146 cm³/mol. The lowest BCUT2D eigenvalue weighted by molar-refractivity contribution is 0.0384. The molecule has 5 rings (SSSR count). The Hall–Kier alpha value is -3.79. The number of nitrogen functional groups attached to an aromatic ring is 1. The van der Waals surface area contributed by atoms with E-state index in [1.165, 1.54) is 5.56 Å². The van der Waals surface area contributed by atoms with Crippen LogP contribution in [0.25, 0.3) is 22.5 Å². The van der Waals surface area contributed by atoms with Crippen molar-refractivity contribution in [2.75, 3.05) is 50.5 Å². The molecule has 4 N–H and O–H groups in total. The zero-order valence-corrected chi connectivity index (χ0v) is 21.1. The van der Waals surface area contributed by atoms with E-state index in [0.717, 1.165) is 78.7 Å². The first-order valence-electron chi connectivity index (χ1n) is 12.6. The van der Waals surface area contributed by atoms with Crippen molar-refractivity contribution in [3.05, 3.63) is 72.1 Å². The van der Waals surface area contributed by atoms with Crippen LogP contribution in [0.3, 0.4) is 0 Å². The summed E-state index contributed by atoms with van der Waals surface area (Å²) in [6.07, 6.45) is 4.63. The molecule has 0 bridgehead atoms. The van der Waals surface area contributed by atoms with Crippen molar-refractivity contribution in [3.8, 4) is 22.5 Å².